The smallest absolute Gasteiger partial charge is 0.269 e. The SMILES string of the molecule is CC(c1cccc([N+](=O)[O-])c1)N(C)C(=O)COc1ccc(OCc2ccccc2)cc1. The van der Waals surface area contributed by atoms with Gasteiger partial charge >= 0.3 is 0 Å². The number of rotatable bonds is 9. The van der Waals surface area contributed by atoms with Crippen molar-refractivity contribution in [2.75, 3.05) is 13.7 Å². The highest BCUT2D eigenvalue weighted by Gasteiger charge is 2.19. The molecule has 0 bridgehead atoms. The minimum Gasteiger partial charge on any atom is -0.489 e. The first kappa shape index (κ1) is 21.8. The van der Waals surface area contributed by atoms with Crippen LogP contribution in [0, 0.1) is 10.1 Å². The zero-order chi connectivity index (χ0) is 22.2. The zero-order valence-corrected chi connectivity index (χ0v) is 17.4. The zero-order valence-electron chi connectivity index (χ0n) is 17.4. The number of nitrogens with zero attached hydrogens (tertiary/aromatic N) is 2. The highest BCUT2D eigenvalue weighted by Crippen LogP contribution is 2.23. The molecular weight excluding hydrogens is 396 g/mol. The van der Waals surface area contributed by atoms with Gasteiger partial charge in [0, 0.05) is 19.2 Å². The van der Waals surface area contributed by atoms with Crippen LogP contribution in [0.4, 0.5) is 5.69 Å². The Morgan fingerprint density at radius 1 is 0.968 bits per heavy atom. The molecule has 1 unspecified atom stereocenters. The molecule has 3 rings (SSSR count). The third kappa shape index (κ3) is 6.05. The molecule has 160 valence electrons. The first-order chi connectivity index (χ1) is 14.9. The van der Waals surface area contributed by atoms with Crippen molar-refractivity contribution in [3.63, 3.8) is 0 Å². The second kappa shape index (κ2) is 10.2. The molecule has 3 aromatic carbocycles. The number of benzene rings is 3. The Labute approximate surface area is 181 Å². The van der Waals surface area contributed by atoms with E-state index in [4.69, 9.17) is 9.47 Å². The largest absolute Gasteiger partial charge is 0.489 e. The van der Waals surface area contributed by atoms with Crippen LogP contribution in [0.3, 0.4) is 0 Å². The summed E-state index contributed by atoms with van der Waals surface area (Å²) in [6.07, 6.45) is 0. The van der Waals surface area contributed by atoms with E-state index < -0.39 is 4.92 Å². The predicted molar refractivity (Wildman–Crippen MR) is 117 cm³/mol. The van der Waals surface area contributed by atoms with Gasteiger partial charge in [-0.1, -0.05) is 42.5 Å². The molecule has 0 radical (unpaired) electrons. The average Bonchev–Trinajstić information content (AvgIpc) is 2.81. The van der Waals surface area contributed by atoms with Crippen molar-refractivity contribution in [1.82, 2.24) is 4.90 Å². The second-order valence-electron chi connectivity index (χ2n) is 7.07. The molecule has 7 heteroatoms. The average molecular weight is 420 g/mol. The lowest BCUT2D eigenvalue weighted by molar-refractivity contribution is -0.384. The fraction of sp³-hybridized carbons (Fsp3) is 0.208. The van der Waals surface area contributed by atoms with E-state index in [1.807, 2.05) is 37.3 Å². The third-order valence-electron chi connectivity index (χ3n) is 4.97. The number of carbonyl (C=O) groups excluding carboxylic acids is 1. The molecule has 31 heavy (non-hydrogen) atoms. The van der Waals surface area contributed by atoms with Crippen molar-refractivity contribution in [2.45, 2.75) is 19.6 Å². The molecule has 0 saturated heterocycles. The van der Waals surface area contributed by atoms with Gasteiger partial charge in [0.25, 0.3) is 11.6 Å². The van der Waals surface area contributed by atoms with Crippen molar-refractivity contribution in [3.05, 3.63) is 100 Å². The summed E-state index contributed by atoms with van der Waals surface area (Å²) in [6, 6.07) is 22.9. The van der Waals surface area contributed by atoms with E-state index >= 15 is 0 Å². The van der Waals surface area contributed by atoms with E-state index in [1.54, 1.807) is 43.4 Å². The summed E-state index contributed by atoms with van der Waals surface area (Å²) in [4.78, 5) is 24.6. The summed E-state index contributed by atoms with van der Waals surface area (Å²) < 4.78 is 11.3. The molecule has 0 aliphatic heterocycles. The Kier molecular flexibility index (Phi) is 7.22. The summed E-state index contributed by atoms with van der Waals surface area (Å²) in [6.45, 7) is 2.15. The van der Waals surface area contributed by atoms with E-state index in [2.05, 4.69) is 0 Å². The number of hydrogen-bond acceptors (Lipinski definition) is 5. The minimum absolute atomic E-state index is 0.00368. The van der Waals surface area contributed by atoms with Gasteiger partial charge < -0.3 is 14.4 Å². The van der Waals surface area contributed by atoms with Gasteiger partial charge in [0.15, 0.2) is 6.61 Å². The molecule has 1 atom stereocenters. The van der Waals surface area contributed by atoms with E-state index in [0.717, 1.165) is 5.56 Å². The highest BCUT2D eigenvalue weighted by molar-refractivity contribution is 5.78. The van der Waals surface area contributed by atoms with Crippen molar-refractivity contribution in [2.24, 2.45) is 0 Å². The summed E-state index contributed by atoms with van der Waals surface area (Å²) in [5.41, 5.74) is 1.76. The maximum absolute atomic E-state index is 12.5. The lowest BCUT2D eigenvalue weighted by Gasteiger charge is -2.25. The van der Waals surface area contributed by atoms with Gasteiger partial charge in [0.2, 0.25) is 0 Å². The minimum atomic E-state index is -0.450. The molecule has 0 N–H and O–H groups in total. The first-order valence-electron chi connectivity index (χ1n) is 9.83. The fourth-order valence-corrected chi connectivity index (χ4v) is 2.96. The van der Waals surface area contributed by atoms with Gasteiger partial charge in [-0.15, -0.1) is 0 Å². The van der Waals surface area contributed by atoms with E-state index in [1.165, 1.54) is 17.0 Å². The number of ether oxygens (including phenoxy) is 2. The Morgan fingerprint density at radius 3 is 2.26 bits per heavy atom. The van der Waals surface area contributed by atoms with Crippen molar-refractivity contribution < 1.29 is 19.2 Å². The van der Waals surface area contributed by atoms with Crippen LogP contribution in [0.2, 0.25) is 0 Å². The van der Waals surface area contributed by atoms with Gasteiger partial charge in [-0.05, 0) is 42.3 Å². The molecule has 1 amide bonds. The van der Waals surface area contributed by atoms with Crippen LogP contribution in [0.1, 0.15) is 24.1 Å². The maximum atomic E-state index is 12.5. The molecule has 0 heterocycles. The number of carbonyl (C=O) groups is 1. The van der Waals surface area contributed by atoms with Crippen LogP contribution in [0.15, 0.2) is 78.9 Å². The topological polar surface area (TPSA) is 81.9 Å². The lowest BCUT2D eigenvalue weighted by atomic mass is 10.1. The number of amides is 1. The van der Waals surface area contributed by atoms with Crippen molar-refractivity contribution in [1.29, 1.82) is 0 Å². The Bertz CT molecular complexity index is 1020. The van der Waals surface area contributed by atoms with E-state index in [9.17, 15) is 14.9 Å². The number of nitro benzene ring substituents is 1. The van der Waals surface area contributed by atoms with Crippen molar-refractivity contribution >= 4 is 11.6 Å². The number of nitro groups is 1. The number of non-ortho nitro benzene ring substituents is 1. The second-order valence-corrected chi connectivity index (χ2v) is 7.07. The van der Waals surface area contributed by atoms with Gasteiger partial charge in [-0.2, -0.15) is 0 Å². The van der Waals surface area contributed by atoms with Crippen LogP contribution < -0.4 is 9.47 Å². The number of likely N-dealkylation sites (N-methyl/N-ethyl adjacent to an activating group) is 1. The summed E-state index contributed by atoms with van der Waals surface area (Å²) in [5.74, 6) is 1.03. The molecule has 7 nitrogen and oxygen atoms in total. The highest BCUT2D eigenvalue weighted by atomic mass is 16.6. The third-order valence-corrected chi connectivity index (χ3v) is 4.97. The molecule has 0 aromatic heterocycles. The lowest BCUT2D eigenvalue weighted by Crippen LogP contribution is -2.33. The van der Waals surface area contributed by atoms with Crippen LogP contribution >= 0.6 is 0 Å². The molecule has 0 aliphatic carbocycles. The molecule has 0 spiro atoms. The van der Waals surface area contributed by atoms with E-state index in [-0.39, 0.29) is 24.2 Å². The van der Waals surface area contributed by atoms with Crippen LogP contribution in [0.25, 0.3) is 0 Å². The summed E-state index contributed by atoms with van der Waals surface area (Å²) in [5, 5.41) is 11.0. The fourth-order valence-electron chi connectivity index (χ4n) is 2.96. The monoisotopic (exact) mass is 420 g/mol. The summed E-state index contributed by atoms with van der Waals surface area (Å²) >= 11 is 0. The van der Waals surface area contributed by atoms with Gasteiger partial charge in [0.05, 0.1) is 11.0 Å². The maximum Gasteiger partial charge on any atom is 0.269 e. The molecule has 0 aliphatic rings. The van der Waals surface area contributed by atoms with Gasteiger partial charge in [-0.3, -0.25) is 14.9 Å². The standard InChI is InChI=1S/C24H24N2O5/c1-18(20-9-6-10-21(15-20)26(28)29)25(2)24(27)17-31-23-13-11-22(12-14-23)30-16-19-7-4-3-5-8-19/h3-15,18H,16-17H2,1-2H3. The van der Waals surface area contributed by atoms with Gasteiger partial charge in [0.1, 0.15) is 18.1 Å². The van der Waals surface area contributed by atoms with Crippen LogP contribution in [-0.2, 0) is 11.4 Å². The Morgan fingerprint density at radius 2 is 1.61 bits per heavy atom. The van der Waals surface area contributed by atoms with Crippen molar-refractivity contribution in [3.8, 4) is 11.5 Å². The number of hydrogen-bond donors (Lipinski definition) is 0. The quantitative estimate of drug-likeness (QED) is 0.368. The van der Waals surface area contributed by atoms with Gasteiger partial charge in [-0.25, -0.2) is 0 Å². The molecule has 0 fully saturated rings. The Hall–Kier alpha value is -3.87. The Balaban J connectivity index is 1.51. The molecular formula is C24H24N2O5. The van der Waals surface area contributed by atoms with Crippen LogP contribution in [-0.4, -0.2) is 29.4 Å². The normalized spacial score (nSPS) is 11.4. The van der Waals surface area contributed by atoms with E-state index in [0.29, 0.717) is 23.7 Å². The van der Waals surface area contributed by atoms with Crippen LogP contribution in [0.5, 0.6) is 11.5 Å². The molecule has 3 aromatic rings. The molecule has 0 saturated carbocycles. The summed E-state index contributed by atoms with van der Waals surface area (Å²) in [7, 11) is 1.65. The first-order valence-corrected chi connectivity index (χ1v) is 9.83. The predicted octanol–water partition coefficient (Wildman–Crippen LogP) is 4.77.